The third-order valence-electron chi connectivity index (χ3n) is 4.33. The first-order valence-electron chi connectivity index (χ1n) is 9.87. The molecule has 29 heavy (non-hydrogen) atoms. The van der Waals surface area contributed by atoms with Gasteiger partial charge in [-0.1, -0.05) is 31.0 Å². The second kappa shape index (κ2) is 12.5. The molecule has 0 radical (unpaired) electrons. The van der Waals surface area contributed by atoms with Gasteiger partial charge in [-0.15, -0.1) is 0 Å². The molecule has 7 heteroatoms. The molecule has 2 aromatic carbocycles. The average Bonchev–Trinajstić information content (AvgIpc) is 2.72. The molecule has 0 fully saturated rings. The van der Waals surface area contributed by atoms with Gasteiger partial charge in [0.25, 0.3) is 0 Å². The Kier molecular flexibility index (Phi) is 9.68. The summed E-state index contributed by atoms with van der Waals surface area (Å²) < 4.78 is 5.71. The first kappa shape index (κ1) is 22.4. The molecule has 0 aliphatic rings. The third kappa shape index (κ3) is 8.76. The number of nitrogens with two attached hydrogens (primary N) is 1. The van der Waals surface area contributed by atoms with Gasteiger partial charge in [0.05, 0.1) is 6.42 Å². The van der Waals surface area contributed by atoms with E-state index in [4.69, 9.17) is 10.5 Å². The molecule has 0 heterocycles. The van der Waals surface area contributed by atoms with E-state index in [0.717, 1.165) is 31.4 Å². The van der Waals surface area contributed by atoms with Crippen LogP contribution in [0.3, 0.4) is 0 Å². The summed E-state index contributed by atoms with van der Waals surface area (Å²) >= 11 is 0. The summed E-state index contributed by atoms with van der Waals surface area (Å²) in [7, 11) is 0. The number of amides is 1. The van der Waals surface area contributed by atoms with E-state index in [1.807, 2.05) is 30.3 Å². The molecule has 0 aliphatic heterocycles. The smallest absolute Gasteiger partial charge is 0.321 e. The van der Waals surface area contributed by atoms with Crippen LogP contribution in [0, 0.1) is 0 Å². The molecule has 0 saturated carbocycles. The second-order valence-corrected chi connectivity index (χ2v) is 6.74. The topological polar surface area (TPSA) is 114 Å². The van der Waals surface area contributed by atoms with E-state index < -0.39 is 12.0 Å². The predicted molar refractivity (Wildman–Crippen MR) is 113 cm³/mol. The van der Waals surface area contributed by atoms with Gasteiger partial charge in [0.15, 0.2) is 0 Å². The Hall–Kier alpha value is -2.90. The maximum atomic E-state index is 12.2. The summed E-state index contributed by atoms with van der Waals surface area (Å²) in [5, 5.41) is 15.0. The Labute approximate surface area is 171 Å². The number of carboxylic acids is 1. The van der Waals surface area contributed by atoms with Gasteiger partial charge in [-0.2, -0.15) is 0 Å². The lowest BCUT2D eigenvalue weighted by molar-refractivity contribution is -0.141. The van der Waals surface area contributed by atoms with E-state index in [1.165, 1.54) is 0 Å². The number of unbranched alkanes of at least 4 members (excludes halogenated alkanes) is 3. The van der Waals surface area contributed by atoms with Crippen molar-refractivity contribution >= 4 is 17.6 Å². The molecule has 0 unspecified atom stereocenters. The molecule has 156 valence electrons. The van der Waals surface area contributed by atoms with Crippen molar-refractivity contribution in [2.24, 2.45) is 5.73 Å². The zero-order valence-electron chi connectivity index (χ0n) is 16.5. The minimum Gasteiger partial charge on any atom is -0.480 e. The van der Waals surface area contributed by atoms with Crippen LogP contribution in [0.2, 0.25) is 0 Å². The minimum atomic E-state index is -1.03. The lowest BCUT2D eigenvalue weighted by Crippen LogP contribution is -2.40. The van der Waals surface area contributed by atoms with Crippen molar-refractivity contribution in [1.29, 1.82) is 0 Å². The Morgan fingerprint density at radius 3 is 2.24 bits per heavy atom. The fraction of sp³-hybridized carbons (Fsp3) is 0.364. The van der Waals surface area contributed by atoms with Gasteiger partial charge >= 0.3 is 5.97 Å². The summed E-state index contributed by atoms with van der Waals surface area (Å²) in [5.74, 6) is -0.0184. The second-order valence-electron chi connectivity index (χ2n) is 6.74. The van der Waals surface area contributed by atoms with Crippen molar-refractivity contribution in [3.63, 3.8) is 0 Å². The number of benzene rings is 2. The van der Waals surface area contributed by atoms with Crippen molar-refractivity contribution in [3.8, 4) is 11.5 Å². The van der Waals surface area contributed by atoms with Crippen LogP contribution in [0.4, 0.5) is 5.69 Å². The Morgan fingerprint density at radius 2 is 1.59 bits per heavy atom. The number of nitrogens with one attached hydrogen (secondary N) is 2. The molecule has 2 rings (SSSR count). The maximum Gasteiger partial charge on any atom is 0.321 e. The zero-order chi connectivity index (χ0) is 20.9. The maximum absolute atomic E-state index is 12.2. The van der Waals surface area contributed by atoms with E-state index in [9.17, 15) is 14.7 Å². The number of carbonyl (C=O) groups is 2. The number of carboxylic acid groups (broad SMARTS) is 1. The number of aliphatic carboxylic acids is 1. The van der Waals surface area contributed by atoms with Gasteiger partial charge in [-0.3, -0.25) is 9.59 Å². The van der Waals surface area contributed by atoms with Gasteiger partial charge < -0.3 is 26.2 Å². The van der Waals surface area contributed by atoms with Gasteiger partial charge in [-0.05, 0) is 62.3 Å². The zero-order valence-corrected chi connectivity index (χ0v) is 16.5. The SMILES string of the molecule is NCCCCCCN[C@H](CC(=O)Nc1ccc(Oc2ccccc2)cc1)C(=O)O. The van der Waals surface area contributed by atoms with Crippen LogP contribution in [0.5, 0.6) is 11.5 Å². The van der Waals surface area contributed by atoms with Crippen molar-refractivity contribution in [2.75, 3.05) is 18.4 Å². The van der Waals surface area contributed by atoms with Crippen LogP contribution in [0.15, 0.2) is 54.6 Å². The highest BCUT2D eigenvalue weighted by molar-refractivity contribution is 5.94. The number of hydrogen-bond acceptors (Lipinski definition) is 5. The van der Waals surface area contributed by atoms with Crippen molar-refractivity contribution in [1.82, 2.24) is 5.32 Å². The molecule has 7 nitrogen and oxygen atoms in total. The van der Waals surface area contributed by atoms with E-state index >= 15 is 0 Å². The van der Waals surface area contributed by atoms with E-state index in [1.54, 1.807) is 24.3 Å². The molecule has 0 bridgehead atoms. The fourth-order valence-electron chi connectivity index (χ4n) is 2.77. The van der Waals surface area contributed by atoms with E-state index in [2.05, 4.69) is 10.6 Å². The molecule has 0 saturated heterocycles. The molecular weight excluding hydrogens is 370 g/mol. The van der Waals surface area contributed by atoms with E-state index in [-0.39, 0.29) is 12.3 Å². The average molecular weight is 399 g/mol. The molecule has 1 atom stereocenters. The number of carbonyl (C=O) groups excluding carboxylic acids is 1. The lowest BCUT2D eigenvalue weighted by atomic mass is 10.1. The number of ether oxygens (including phenoxy) is 1. The highest BCUT2D eigenvalue weighted by Gasteiger charge is 2.20. The number of hydrogen-bond donors (Lipinski definition) is 4. The minimum absolute atomic E-state index is 0.138. The summed E-state index contributed by atoms with van der Waals surface area (Å²) in [6, 6.07) is 15.4. The summed E-state index contributed by atoms with van der Waals surface area (Å²) in [6.45, 7) is 1.23. The fourth-order valence-corrected chi connectivity index (χ4v) is 2.77. The van der Waals surface area contributed by atoms with E-state index in [0.29, 0.717) is 24.5 Å². The molecule has 1 amide bonds. The van der Waals surface area contributed by atoms with Crippen molar-refractivity contribution in [3.05, 3.63) is 54.6 Å². The normalized spacial score (nSPS) is 11.6. The van der Waals surface area contributed by atoms with Crippen LogP contribution in [-0.4, -0.2) is 36.1 Å². The number of para-hydroxylation sites is 1. The highest BCUT2D eigenvalue weighted by atomic mass is 16.5. The third-order valence-corrected chi connectivity index (χ3v) is 4.33. The quantitative estimate of drug-likeness (QED) is 0.384. The van der Waals surface area contributed by atoms with Crippen LogP contribution in [0.25, 0.3) is 0 Å². The number of rotatable bonds is 13. The highest BCUT2D eigenvalue weighted by Crippen LogP contribution is 2.22. The van der Waals surface area contributed by atoms with Gasteiger partial charge in [0.1, 0.15) is 17.5 Å². The molecule has 5 N–H and O–H groups in total. The summed E-state index contributed by atoms with van der Waals surface area (Å²) in [5.41, 5.74) is 6.03. The summed E-state index contributed by atoms with van der Waals surface area (Å²) in [6.07, 6.45) is 3.70. The molecule has 0 aromatic heterocycles. The van der Waals surface area contributed by atoms with Crippen LogP contribution in [0.1, 0.15) is 32.1 Å². The molecule has 0 aliphatic carbocycles. The Bertz CT molecular complexity index is 750. The van der Waals surface area contributed by atoms with Crippen molar-refractivity contribution < 1.29 is 19.4 Å². The monoisotopic (exact) mass is 399 g/mol. The van der Waals surface area contributed by atoms with Crippen LogP contribution in [-0.2, 0) is 9.59 Å². The van der Waals surface area contributed by atoms with Gasteiger partial charge in [-0.25, -0.2) is 0 Å². The largest absolute Gasteiger partial charge is 0.480 e. The first-order chi connectivity index (χ1) is 14.1. The van der Waals surface area contributed by atoms with Gasteiger partial charge in [0, 0.05) is 5.69 Å². The Balaban J connectivity index is 1.77. The summed E-state index contributed by atoms with van der Waals surface area (Å²) in [4.78, 5) is 23.6. The standard InChI is InChI=1S/C22H29N3O4/c23-14-6-1-2-7-15-24-20(22(27)28)16-21(26)25-17-10-12-19(13-11-17)29-18-8-4-3-5-9-18/h3-5,8-13,20,24H,1-2,6-7,14-16,23H2,(H,25,26)(H,27,28)/t20-/m1/s1. The molecule has 0 spiro atoms. The molecular formula is C22H29N3O4. The van der Waals surface area contributed by atoms with Crippen molar-refractivity contribution in [2.45, 2.75) is 38.1 Å². The lowest BCUT2D eigenvalue weighted by Gasteiger charge is -2.14. The Morgan fingerprint density at radius 1 is 0.931 bits per heavy atom. The van der Waals surface area contributed by atoms with Gasteiger partial charge in [0.2, 0.25) is 5.91 Å². The predicted octanol–water partition coefficient (Wildman–Crippen LogP) is 3.37. The molecule has 2 aromatic rings. The first-order valence-corrected chi connectivity index (χ1v) is 9.87. The van der Waals surface area contributed by atoms with Crippen LogP contribution >= 0.6 is 0 Å². The number of anilines is 1. The van der Waals surface area contributed by atoms with Crippen LogP contribution < -0.4 is 21.1 Å².